The Morgan fingerprint density at radius 3 is 2.59 bits per heavy atom. The maximum atomic E-state index is 11.5. The van der Waals surface area contributed by atoms with E-state index in [1.807, 2.05) is 35.6 Å². The minimum atomic E-state index is -0.186. The van der Waals surface area contributed by atoms with Gasteiger partial charge in [-0.3, -0.25) is 10.2 Å². The number of nitrogens with zero attached hydrogens (tertiary/aromatic N) is 3. The van der Waals surface area contributed by atoms with Gasteiger partial charge in [-0.25, -0.2) is 15.0 Å². The zero-order valence-corrected chi connectivity index (χ0v) is 18.1. The van der Waals surface area contributed by atoms with Crippen LogP contribution in [0.1, 0.15) is 35.6 Å². The number of carbonyl (C=O) groups excluding carboxylic acids is 1. The number of amides is 1. The number of ether oxygens (including phenoxy) is 2. The first kappa shape index (κ1) is 21.4. The lowest BCUT2D eigenvalue weighted by Crippen LogP contribution is -2.45. The predicted octanol–water partition coefficient (Wildman–Crippen LogP) is 2.77. The number of hydrazine groups is 1. The third kappa shape index (κ3) is 4.74. The molecule has 0 saturated carbocycles. The quantitative estimate of drug-likeness (QED) is 0.477. The molecule has 2 N–H and O–H groups in total. The zero-order chi connectivity index (χ0) is 22.5. The number of aromatic nitrogens is 3. The lowest BCUT2D eigenvalue weighted by Gasteiger charge is -2.31. The summed E-state index contributed by atoms with van der Waals surface area (Å²) >= 11 is 0. The first-order chi connectivity index (χ1) is 15.6. The van der Waals surface area contributed by atoms with Gasteiger partial charge in [0.25, 0.3) is 5.91 Å². The van der Waals surface area contributed by atoms with Gasteiger partial charge in [-0.1, -0.05) is 18.4 Å². The van der Waals surface area contributed by atoms with Crippen molar-refractivity contribution in [1.29, 1.82) is 0 Å². The van der Waals surface area contributed by atoms with E-state index < -0.39 is 0 Å². The standard InChI is InChI=1S/C24H25N5O3/c1-4-22(30)28-29-9-7-17(8-10-29)21-15-26-24-23(27-21)18(14-25-24)6-5-16-11-19(31-2)13-20(12-16)32-3/h4,11-15,17H,1,7-10H2,2-3H3,(H,25,26)(H,28,30). The second-order valence-electron chi connectivity index (χ2n) is 7.49. The summed E-state index contributed by atoms with van der Waals surface area (Å²) in [6.45, 7) is 4.99. The molecule has 1 fully saturated rings. The Morgan fingerprint density at radius 1 is 1.22 bits per heavy atom. The number of fused-ring (bicyclic) bond motifs is 1. The molecule has 4 rings (SSSR count). The summed E-state index contributed by atoms with van der Waals surface area (Å²) in [4.78, 5) is 24.1. The third-order valence-electron chi connectivity index (χ3n) is 5.46. The Hall–Kier alpha value is -3.83. The van der Waals surface area contributed by atoms with Gasteiger partial charge < -0.3 is 14.5 Å². The Bertz CT molecular complexity index is 1180. The van der Waals surface area contributed by atoms with Crippen LogP contribution in [0.15, 0.2) is 43.2 Å². The number of carbonyl (C=O) groups is 1. The topological polar surface area (TPSA) is 92.4 Å². The summed E-state index contributed by atoms with van der Waals surface area (Å²) in [5.74, 6) is 7.82. The molecule has 0 unspecified atom stereocenters. The van der Waals surface area contributed by atoms with Crippen molar-refractivity contribution in [2.24, 2.45) is 0 Å². The molecule has 8 heteroatoms. The second kappa shape index (κ2) is 9.54. The van der Waals surface area contributed by atoms with Crippen LogP contribution >= 0.6 is 0 Å². The molecule has 8 nitrogen and oxygen atoms in total. The van der Waals surface area contributed by atoms with E-state index in [2.05, 4.69) is 33.8 Å². The number of methoxy groups -OCH3 is 2. The Morgan fingerprint density at radius 2 is 1.94 bits per heavy atom. The van der Waals surface area contributed by atoms with Crippen LogP contribution in [-0.4, -0.2) is 53.2 Å². The largest absolute Gasteiger partial charge is 0.497 e. The minimum absolute atomic E-state index is 0.186. The summed E-state index contributed by atoms with van der Waals surface area (Å²) in [6.07, 6.45) is 6.69. The fourth-order valence-corrected chi connectivity index (χ4v) is 3.70. The molecule has 1 aliphatic heterocycles. The Balaban J connectivity index is 1.54. The van der Waals surface area contributed by atoms with Crippen molar-refractivity contribution in [2.45, 2.75) is 18.8 Å². The van der Waals surface area contributed by atoms with Gasteiger partial charge in [0.15, 0.2) is 5.65 Å². The van der Waals surface area contributed by atoms with Crippen molar-refractivity contribution in [3.8, 4) is 23.3 Å². The van der Waals surface area contributed by atoms with E-state index in [0.29, 0.717) is 17.1 Å². The van der Waals surface area contributed by atoms with Gasteiger partial charge >= 0.3 is 0 Å². The summed E-state index contributed by atoms with van der Waals surface area (Å²) in [5.41, 5.74) is 6.80. The highest BCUT2D eigenvalue weighted by Gasteiger charge is 2.23. The summed E-state index contributed by atoms with van der Waals surface area (Å²) < 4.78 is 10.6. The molecular weight excluding hydrogens is 406 g/mol. The highest BCUT2D eigenvalue weighted by molar-refractivity contribution is 5.86. The summed E-state index contributed by atoms with van der Waals surface area (Å²) in [5, 5.41) is 1.92. The van der Waals surface area contributed by atoms with E-state index in [1.54, 1.807) is 14.2 Å². The van der Waals surface area contributed by atoms with Gasteiger partial charge in [-0.05, 0) is 31.1 Å². The first-order valence-corrected chi connectivity index (χ1v) is 10.4. The van der Waals surface area contributed by atoms with E-state index in [9.17, 15) is 4.79 Å². The van der Waals surface area contributed by atoms with Gasteiger partial charge in [-0.15, -0.1) is 0 Å². The number of nitrogens with one attached hydrogen (secondary N) is 2. The maximum Gasteiger partial charge on any atom is 0.257 e. The Kier molecular flexibility index (Phi) is 6.38. The Labute approximate surface area is 186 Å². The van der Waals surface area contributed by atoms with Crippen molar-refractivity contribution in [3.63, 3.8) is 0 Å². The number of rotatable bonds is 5. The van der Waals surface area contributed by atoms with Gasteiger partial charge in [0.1, 0.15) is 17.0 Å². The molecule has 1 saturated heterocycles. The van der Waals surface area contributed by atoms with E-state index in [4.69, 9.17) is 14.5 Å². The van der Waals surface area contributed by atoms with Crippen LogP contribution in [0.2, 0.25) is 0 Å². The molecule has 3 aromatic rings. The molecule has 2 aromatic heterocycles. The zero-order valence-electron chi connectivity index (χ0n) is 18.1. The summed E-state index contributed by atoms with van der Waals surface area (Å²) in [6, 6.07) is 5.53. The van der Waals surface area contributed by atoms with Gasteiger partial charge in [0, 0.05) is 36.8 Å². The van der Waals surface area contributed by atoms with E-state index in [1.165, 1.54) is 6.08 Å². The number of H-pyrrole nitrogens is 1. The van der Waals surface area contributed by atoms with Crippen molar-refractivity contribution in [3.05, 3.63) is 60.1 Å². The SMILES string of the molecule is C=CC(=O)NN1CCC(c2cnc3[nH]cc(C#Cc4cc(OC)cc(OC)c4)c3n2)CC1. The number of piperidine rings is 1. The van der Waals surface area contributed by atoms with Gasteiger partial charge in [-0.2, -0.15) is 0 Å². The molecular formula is C24H25N5O3. The number of hydrogen-bond acceptors (Lipinski definition) is 6. The van der Waals surface area contributed by atoms with Crippen molar-refractivity contribution in [1.82, 2.24) is 25.4 Å². The van der Waals surface area contributed by atoms with E-state index >= 15 is 0 Å². The maximum absolute atomic E-state index is 11.5. The summed E-state index contributed by atoms with van der Waals surface area (Å²) in [7, 11) is 3.22. The lowest BCUT2D eigenvalue weighted by molar-refractivity contribution is -0.121. The monoisotopic (exact) mass is 431 g/mol. The van der Waals surface area contributed by atoms with Gasteiger partial charge in [0.2, 0.25) is 0 Å². The van der Waals surface area contributed by atoms with Crippen molar-refractivity contribution >= 4 is 17.1 Å². The van der Waals surface area contributed by atoms with Crippen LogP contribution in [0.25, 0.3) is 11.2 Å². The highest BCUT2D eigenvalue weighted by Crippen LogP contribution is 2.27. The number of aromatic amines is 1. The normalized spacial score (nSPS) is 14.4. The molecule has 0 spiro atoms. The molecule has 3 heterocycles. The molecule has 1 aliphatic rings. The molecule has 164 valence electrons. The minimum Gasteiger partial charge on any atom is -0.497 e. The number of benzene rings is 1. The fourth-order valence-electron chi connectivity index (χ4n) is 3.70. The van der Waals surface area contributed by atoms with E-state index in [-0.39, 0.29) is 11.8 Å². The molecule has 0 aliphatic carbocycles. The molecule has 1 amide bonds. The average Bonchev–Trinajstić information content (AvgIpc) is 3.25. The third-order valence-corrected chi connectivity index (χ3v) is 5.46. The highest BCUT2D eigenvalue weighted by atomic mass is 16.5. The van der Waals surface area contributed by atoms with Crippen LogP contribution in [0.3, 0.4) is 0 Å². The van der Waals surface area contributed by atoms with E-state index in [0.717, 1.165) is 48.3 Å². The number of hydrogen-bond donors (Lipinski definition) is 2. The van der Waals surface area contributed by atoms with Crippen LogP contribution in [0, 0.1) is 11.8 Å². The predicted molar refractivity (Wildman–Crippen MR) is 121 cm³/mol. The molecule has 0 atom stereocenters. The van der Waals surface area contributed by atoms with Gasteiger partial charge in [0.05, 0.1) is 31.7 Å². The van der Waals surface area contributed by atoms with Crippen LogP contribution in [0.5, 0.6) is 11.5 Å². The second-order valence-corrected chi connectivity index (χ2v) is 7.49. The fraction of sp³-hybridized carbons (Fsp3) is 0.292. The average molecular weight is 431 g/mol. The molecule has 0 radical (unpaired) electrons. The van der Waals surface area contributed by atoms with Crippen LogP contribution in [0.4, 0.5) is 0 Å². The van der Waals surface area contributed by atoms with Crippen molar-refractivity contribution < 1.29 is 14.3 Å². The molecule has 0 bridgehead atoms. The smallest absolute Gasteiger partial charge is 0.257 e. The first-order valence-electron chi connectivity index (χ1n) is 10.4. The molecule has 1 aromatic carbocycles. The lowest BCUT2D eigenvalue weighted by atomic mass is 9.94. The van der Waals surface area contributed by atoms with Crippen LogP contribution in [-0.2, 0) is 4.79 Å². The van der Waals surface area contributed by atoms with Crippen molar-refractivity contribution in [2.75, 3.05) is 27.3 Å². The molecule has 32 heavy (non-hydrogen) atoms. The van der Waals surface area contributed by atoms with Crippen LogP contribution < -0.4 is 14.9 Å².